The minimum Gasteiger partial charge on any atom is -0.467 e. The Bertz CT molecular complexity index is 907. The van der Waals surface area contributed by atoms with Crippen molar-refractivity contribution in [3.63, 3.8) is 0 Å². The number of benzene rings is 1. The molecule has 32 heavy (non-hydrogen) atoms. The van der Waals surface area contributed by atoms with Crippen LogP contribution in [0.5, 0.6) is 11.5 Å². The molecule has 172 valence electrons. The lowest BCUT2D eigenvalue weighted by Gasteiger charge is -2.29. The normalized spacial score (nSPS) is 16.8. The van der Waals surface area contributed by atoms with Crippen LogP contribution in [-0.4, -0.2) is 54.2 Å². The van der Waals surface area contributed by atoms with Crippen LogP contribution in [0.15, 0.2) is 41.0 Å². The molecule has 1 unspecified atom stereocenters. The molecule has 1 fully saturated rings. The topological polar surface area (TPSA) is 81.5 Å². The molecule has 0 N–H and O–H groups in total. The quantitative estimate of drug-likeness (QED) is 0.561. The molecule has 2 amide bonds. The summed E-state index contributed by atoms with van der Waals surface area (Å²) in [6.45, 7) is 4.02. The van der Waals surface area contributed by atoms with Gasteiger partial charge in [0.05, 0.1) is 25.5 Å². The maximum atomic E-state index is 13.4. The fourth-order valence-electron chi connectivity index (χ4n) is 4.01. The first-order chi connectivity index (χ1) is 15.6. The molecule has 0 radical (unpaired) electrons. The van der Waals surface area contributed by atoms with Crippen molar-refractivity contribution in [1.29, 1.82) is 0 Å². The van der Waals surface area contributed by atoms with Gasteiger partial charge in [0.1, 0.15) is 5.76 Å². The first kappa shape index (κ1) is 22.2. The van der Waals surface area contributed by atoms with Crippen LogP contribution in [0.25, 0.3) is 0 Å². The lowest BCUT2D eigenvalue weighted by molar-refractivity contribution is -0.142. The average molecular weight is 443 g/mol. The molecule has 4 rings (SSSR count). The largest absolute Gasteiger partial charge is 0.467 e. The van der Waals surface area contributed by atoms with Crippen LogP contribution in [0.3, 0.4) is 0 Å². The van der Waals surface area contributed by atoms with Gasteiger partial charge in [0.15, 0.2) is 11.5 Å². The lowest BCUT2D eigenvalue weighted by atomic mass is 10.1. The molecule has 2 aliphatic rings. The number of hydrogen-bond donors (Lipinski definition) is 0. The van der Waals surface area contributed by atoms with Gasteiger partial charge < -0.3 is 28.4 Å². The summed E-state index contributed by atoms with van der Waals surface area (Å²) in [6, 6.07) is 9.29. The van der Waals surface area contributed by atoms with Crippen LogP contribution in [0.4, 0.5) is 0 Å². The van der Waals surface area contributed by atoms with Crippen LogP contribution in [0, 0.1) is 0 Å². The van der Waals surface area contributed by atoms with Crippen LogP contribution >= 0.6 is 0 Å². The van der Waals surface area contributed by atoms with Crippen molar-refractivity contribution in [1.82, 2.24) is 9.80 Å². The maximum Gasteiger partial charge on any atom is 0.242 e. The van der Waals surface area contributed by atoms with Crippen LogP contribution in [0.1, 0.15) is 43.9 Å². The first-order valence-electron chi connectivity index (χ1n) is 11.2. The lowest BCUT2D eigenvalue weighted by Crippen LogP contribution is -2.45. The number of carbonyl (C=O) groups excluding carboxylic acids is 2. The summed E-state index contributed by atoms with van der Waals surface area (Å²) >= 11 is 0. The van der Waals surface area contributed by atoms with Gasteiger partial charge in [0.25, 0.3) is 0 Å². The monoisotopic (exact) mass is 442 g/mol. The van der Waals surface area contributed by atoms with Crippen molar-refractivity contribution in [2.75, 3.05) is 26.5 Å². The Morgan fingerprint density at radius 2 is 1.94 bits per heavy atom. The number of fused-ring (bicyclic) bond motifs is 1. The molecule has 0 bridgehead atoms. The standard InChI is InChI=1S/C24H30N2O6/c1-2-5-23(27)26(15-20-7-4-11-30-20)16-24(28)25(14-19-6-3-10-29-19)13-18-8-9-21-22(12-18)32-17-31-21/h3,6,8-10,12,20H,2,4-5,7,11,13-17H2,1H3. The van der Waals surface area contributed by atoms with E-state index in [9.17, 15) is 9.59 Å². The summed E-state index contributed by atoms with van der Waals surface area (Å²) in [5.41, 5.74) is 0.916. The molecule has 2 aromatic rings. The van der Waals surface area contributed by atoms with E-state index >= 15 is 0 Å². The Balaban J connectivity index is 1.49. The smallest absolute Gasteiger partial charge is 0.242 e. The molecular formula is C24H30N2O6. The summed E-state index contributed by atoms with van der Waals surface area (Å²) in [5, 5.41) is 0. The molecule has 8 heteroatoms. The van der Waals surface area contributed by atoms with E-state index < -0.39 is 0 Å². The third-order valence-corrected chi connectivity index (χ3v) is 5.68. The number of ether oxygens (including phenoxy) is 3. The summed E-state index contributed by atoms with van der Waals surface area (Å²) in [5.74, 6) is 1.90. The molecule has 0 spiro atoms. The Kier molecular flexibility index (Phi) is 7.32. The Morgan fingerprint density at radius 3 is 2.69 bits per heavy atom. The molecule has 0 saturated carbocycles. The number of furan rings is 1. The highest BCUT2D eigenvalue weighted by Crippen LogP contribution is 2.33. The molecule has 2 aliphatic heterocycles. The average Bonchev–Trinajstić information content (AvgIpc) is 3.55. The van der Waals surface area contributed by atoms with E-state index in [1.54, 1.807) is 22.1 Å². The molecular weight excluding hydrogens is 412 g/mol. The first-order valence-corrected chi connectivity index (χ1v) is 11.2. The molecule has 1 saturated heterocycles. The maximum absolute atomic E-state index is 13.4. The summed E-state index contributed by atoms with van der Waals surface area (Å²) < 4.78 is 22.1. The summed E-state index contributed by atoms with van der Waals surface area (Å²) in [6.07, 6.45) is 4.65. The number of carbonyl (C=O) groups is 2. The van der Waals surface area contributed by atoms with E-state index in [4.69, 9.17) is 18.6 Å². The summed E-state index contributed by atoms with van der Waals surface area (Å²) in [4.78, 5) is 29.5. The zero-order chi connectivity index (χ0) is 22.3. The molecule has 1 aromatic heterocycles. The Hall–Kier alpha value is -3.00. The highest BCUT2D eigenvalue weighted by molar-refractivity contribution is 5.85. The van der Waals surface area contributed by atoms with Gasteiger partial charge in [0, 0.05) is 26.1 Å². The minimum absolute atomic E-state index is 0.00371. The van der Waals surface area contributed by atoms with E-state index in [1.165, 1.54) is 0 Å². The van der Waals surface area contributed by atoms with Crippen molar-refractivity contribution in [3.8, 4) is 11.5 Å². The highest BCUT2D eigenvalue weighted by atomic mass is 16.7. The fraction of sp³-hybridized carbons (Fsp3) is 0.500. The molecule has 8 nitrogen and oxygen atoms in total. The molecule has 0 aliphatic carbocycles. The van der Waals surface area contributed by atoms with E-state index in [1.807, 2.05) is 31.2 Å². The SMILES string of the molecule is CCCC(=O)N(CC(=O)N(Cc1ccc2c(c1)OCO2)Cc1ccco1)CC1CCCO1. The summed E-state index contributed by atoms with van der Waals surface area (Å²) in [7, 11) is 0. The predicted molar refractivity (Wildman–Crippen MR) is 116 cm³/mol. The van der Waals surface area contributed by atoms with Gasteiger partial charge in [0.2, 0.25) is 18.6 Å². The van der Waals surface area contributed by atoms with Gasteiger partial charge in [-0.2, -0.15) is 0 Å². The van der Waals surface area contributed by atoms with Gasteiger partial charge in [-0.1, -0.05) is 13.0 Å². The van der Waals surface area contributed by atoms with Gasteiger partial charge in [-0.05, 0) is 49.1 Å². The molecule has 1 aromatic carbocycles. The highest BCUT2D eigenvalue weighted by Gasteiger charge is 2.26. The third-order valence-electron chi connectivity index (χ3n) is 5.68. The number of amides is 2. The van der Waals surface area contributed by atoms with Gasteiger partial charge in [-0.15, -0.1) is 0 Å². The van der Waals surface area contributed by atoms with Gasteiger partial charge >= 0.3 is 0 Å². The molecule has 3 heterocycles. The van der Waals surface area contributed by atoms with Crippen molar-refractivity contribution in [2.24, 2.45) is 0 Å². The molecule has 1 atom stereocenters. The van der Waals surface area contributed by atoms with E-state index in [0.717, 1.165) is 24.8 Å². The third kappa shape index (κ3) is 5.62. The second-order valence-electron chi connectivity index (χ2n) is 8.18. The second-order valence-corrected chi connectivity index (χ2v) is 8.18. The Morgan fingerprint density at radius 1 is 1.06 bits per heavy atom. The minimum atomic E-state index is -0.137. The van der Waals surface area contributed by atoms with Crippen LogP contribution in [0.2, 0.25) is 0 Å². The number of rotatable bonds is 10. The zero-order valence-electron chi connectivity index (χ0n) is 18.5. The van der Waals surface area contributed by atoms with Gasteiger partial charge in [-0.25, -0.2) is 0 Å². The van der Waals surface area contributed by atoms with Crippen LogP contribution < -0.4 is 9.47 Å². The van der Waals surface area contributed by atoms with Gasteiger partial charge in [-0.3, -0.25) is 9.59 Å². The Labute approximate surface area is 188 Å². The van der Waals surface area contributed by atoms with E-state index in [0.29, 0.717) is 49.9 Å². The van der Waals surface area contributed by atoms with E-state index in [-0.39, 0.29) is 31.3 Å². The zero-order valence-corrected chi connectivity index (χ0v) is 18.5. The van der Waals surface area contributed by atoms with Crippen molar-refractivity contribution in [3.05, 3.63) is 47.9 Å². The number of nitrogens with zero attached hydrogens (tertiary/aromatic N) is 2. The number of hydrogen-bond acceptors (Lipinski definition) is 6. The van der Waals surface area contributed by atoms with E-state index in [2.05, 4.69) is 0 Å². The van der Waals surface area contributed by atoms with Crippen LogP contribution in [-0.2, 0) is 27.4 Å². The predicted octanol–water partition coefficient (Wildman–Crippen LogP) is 3.34. The van der Waals surface area contributed by atoms with Crippen molar-refractivity contribution in [2.45, 2.75) is 51.8 Å². The van der Waals surface area contributed by atoms with Crippen molar-refractivity contribution >= 4 is 11.8 Å². The fourth-order valence-corrected chi connectivity index (χ4v) is 4.01. The van der Waals surface area contributed by atoms with Crippen molar-refractivity contribution < 1.29 is 28.2 Å². The second kappa shape index (κ2) is 10.5.